The highest BCUT2D eigenvalue weighted by molar-refractivity contribution is 7.89. The fourth-order valence-electron chi connectivity index (χ4n) is 5.40. The van der Waals surface area contributed by atoms with Gasteiger partial charge >= 0.3 is 6.03 Å². The number of carbonyl (C=O) groups excluding carboxylic acids is 2. The van der Waals surface area contributed by atoms with Crippen molar-refractivity contribution < 1.29 is 22.4 Å². The van der Waals surface area contributed by atoms with Crippen LogP contribution in [-0.4, -0.2) is 81.4 Å². The summed E-state index contributed by atoms with van der Waals surface area (Å²) in [4.78, 5) is 28.7. The van der Waals surface area contributed by atoms with E-state index in [1.54, 1.807) is 0 Å². The van der Waals surface area contributed by atoms with Gasteiger partial charge in [0.2, 0.25) is 15.9 Å². The number of carbonyl (C=O) groups is 2. The summed E-state index contributed by atoms with van der Waals surface area (Å²) in [6.07, 6.45) is 2.09. The van der Waals surface area contributed by atoms with E-state index in [2.05, 4.69) is 31.1 Å². The Balaban J connectivity index is 1.50. The number of hydrogen-bond donors (Lipinski definition) is 5. The van der Waals surface area contributed by atoms with Crippen LogP contribution in [0.25, 0.3) is 0 Å². The molecule has 7 atom stereocenters. The van der Waals surface area contributed by atoms with Gasteiger partial charge in [-0.25, -0.2) is 17.6 Å². The first-order valence-electron chi connectivity index (χ1n) is 12.1. The second-order valence-corrected chi connectivity index (χ2v) is 12.2. The molecule has 196 valence electrons. The van der Waals surface area contributed by atoms with Crippen LogP contribution in [0.1, 0.15) is 45.4 Å². The normalized spacial score (nSPS) is 35.0. The molecule has 13 heteroatoms. The zero-order valence-corrected chi connectivity index (χ0v) is 21.4. The van der Waals surface area contributed by atoms with Crippen LogP contribution in [0.4, 0.5) is 9.18 Å². The molecule has 0 radical (unpaired) electrons. The van der Waals surface area contributed by atoms with E-state index in [9.17, 15) is 22.4 Å². The molecule has 34 heavy (non-hydrogen) atoms. The zero-order chi connectivity index (χ0) is 24.9. The standard InChI is InChI=1S/C21H38ClFN6O4S/c1-3-24-21(31)26-15-6-4-5-13(7-15)11-34(32,33)28-27-20(30)16-8-14(9-17(22)19(16)23)18-10-29(2)12-25-18/h13-19,25,28H,3-12H2,1-2H3,(H,27,30)(H2,24,26,31). The van der Waals surface area contributed by atoms with Gasteiger partial charge in [-0.15, -0.1) is 16.4 Å². The molecule has 0 bridgehead atoms. The highest BCUT2D eigenvalue weighted by Gasteiger charge is 2.44. The first-order chi connectivity index (χ1) is 16.1. The van der Waals surface area contributed by atoms with Crippen LogP contribution in [0.2, 0.25) is 0 Å². The predicted octanol–water partition coefficient (Wildman–Crippen LogP) is 0.648. The van der Waals surface area contributed by atoms with E-state index in [0.717, 1.165) is 32.5 Å². The Labute approximate surface area is 206 Å². The van der Waals surface area contributed by atoms with Crippen LogP contribution in [-0.2, 0) is 14.8 Å². The third-order valence-electron chi connectivity index (χ3n) is 7.09. The van der Waals surface area contributed by atoms with Gasteiger partial charge in [-0.05, 0) is 57.9 Å². The number of nitrogens with one attached hydrogen (secondary N) is 5. The summed E-state index contributed by atoms with van der Waals surface area (Å²) in [7, 11) is -1.85. The molecule has 10 nitrogen and oxygen atoms in total. The summed E-state index contributed by atoms with van der Waals surface area (Å²) in [5, 5.41) is 8.12. The van der Waals surface area contributed by atoms with Crippen LogP contribution >= 0.6 is 11.6 Å². The fourth-order valence-corrected chi connectivity index (χ4v) is 7.07. The number of rotatable bonds is 8. The minimum atomic E-state index is -3.83. The van der Waals surface area contributed by atoms with Gasteiger partial charge in [0.25, 0.3) is 0 Å². The molecule has 5 N–H and O–H groups in total. The quantitative estimate of drug-likeness (QED) is 0.234. The maximum atomic E-state index is 14.8. The molecule has 0 aromatic carbocycles. The van der Waals surface area contributed by atoms with Gasteiger partial charge in [-0.3, -0.25) is 20.4 Å². The van der Waals surface area contributed by atoms with E-state index >= 15 is 0 Å². The van der Waals surface area contributed by atoms with Crippen molar-refractivity contribution in [3.8, 4) is 0 Å². The van der Waals surface area contributed by atoms with Crippen molar-refractivity contribution in [2.45, 2.75) is 69.1 Å². The molecular formula is C21H38ClFN6O4S. The fraction of sp³-hybridized carbons (Fsp3) is 0.905. The van der Waals surface area contributed by atoms with Crippen molar-refractivity contribution in [3.05, 3.63) is 0 Å². The van der Waals surface area contributed by atoms with Gasteiger partial charge in [0, 0.05) is 31.8 Å². The molecule has 0 spiro atoms. The zero-order valence-electron chi connectivity index (χ0n) is 19.9. The largest absolute Gasteiger partial charge is 0.338 e. The molecule has 2 aliphatic carbocycles. The van der Waals surface area contributed by atoms with Crippen molar-refractivity contribution in [1.82, 2.24) is 31.1 Å². The SMILES string of the molecule is CCNC(=O)NC1CCCC(CS(=O)(=O)NNC(=O)C2CC(C3CN(C)CN3)CC(Cl)C2F)C1. The third-order valence-corrected chi connectivity index (χ3v) is 8.83. The molecule has 1 aliphatic heterocycles. The lowest BCUT2D eigenvalue weighted by Gasteiger charge is -2.37. The average molecular weight is 525 g/mol. The molecular weight excluding hydrogens is 487 g/mol. The molecule has 2 saturated carbocycles. The Morgan fingerprint density at radius 3 is 2.65 bits per heavy atom. The van der Waals surface area contributed by atoms with Crippen LogP contribution in [0, 0.1) is 17.8 Å². The van der Waals surface area contributed by atoms with Crippen LogP contribution in [0.15, 0.2) is 0 Å². The first kappa shape index (κ1) is 27.4. The minimum Gasteiger partial charge on any atom is -0.338 e. The van der Waals surface area contributed by atoms with E-state index in [-0.39, 0.29) is 35.7 Å². The van der Waals surface area contributed by atoms with Gasteiger partial charge in [0.1, 0.15) is 6.17 Å². The summed E-state index contributed by atoms with van der Waals surface area (Å²) in [5.41, 5.74) is 2.23. The summed E-state index contributed by atoms with van der Waals surface area (Å²) in [5.74, 6) is -2.01. The smallest absolute Gasteiger partial charge is 0.314 e. The van der Waals surface area contributed by atoms with Crippen molar-refractivity contribution in [2.75, 3.05) is 32.6 Å². The van der Waals surface area contributed by atoms with Crippen molar-refractivity contribution >= 4 is 33.6 Å². The van der Waals surface area contributed by atoms with Gasteiger partial charge in [-0.2, -0.15) is 0 Å². The molecule has 1 heterocycles. The topological polar surface area (TPSA) is 132 Å². The summed E-state index contributed by atoms with van der Waals surface area (Å²) in [6, 6.07) is -0.228. The van der Waals surface area contributed by atoms with Crippen molar-refractivity contribution in [2.24, 2.45) is 17.8 Å². The molecule has 0 aromatic rings. The Morgan fingerprint density at radius 2 is 1.97 bits per heavy atom. The van der Waals surface area contributed by atoms with E-state index in [0.29, 0.717) is 25.8 Å². The molecule has 3 amide bonds. The second-order valence-electron chi connectivity index (χ2n) is 9.91. The third kappa shape index (κ3) is 7.64. The highest BCUT2D eigenvalue weighted by atomic mass is 35.5. The number of amides is 3. The summed E-state index contributed by atoms with van der Waals surface area (Å²) < 4.78 is 40.0. The van der Waals surface area contributed by atoms with Gasteiger partial charge in [-0.1, -0.05) is 6.42 Å². The second kappa shape index (κ2) is 12.2. The monoisotopic (exact) mass is 524 g/mol. The number of sulfonamides is 1. The number of alkyl halides is 2. The van der Waals surface area contributed by atoms with Crippen molar-refractivity contribution in [1.29, 1.82) is 0 Å². The van der Waals surface area contributed by atoms with E-state index in [1.807, 2.05) is 14.0 Å². The molecule has 3 rings (SSSR count). The van der Waals surface area contributed by atoms with E-state index in [1.165, 1.54) is 0 Å². The van der Waals surface area contributed by atoms with Crippen LogP contribution < -0.4 is 26.2 Å². The Hall–Kier alpha value is -1.21. The Kier molecular flexibility index (Phi) is 9.79. The van der Waals surface area contributed by atoms with Gasteiger partial charge in [0.15, 0.2) is 0 Å². The van der Waals surface area contributed by atoms with Gasteiger partial charge in [0.05, 0.1) is 17.0 Å². The number of nitrogens with zero attached hydrogens (tertiary/aromatic N) is 1. The lowest BCUT2D eigenvalue weighted by atomic mass is 9.76. The molecule has 3 aliphatic rings. The molecule has 1 saturated heterocycles. The minimum absolute atomic E-state index is 0.0309. The van der Waals surface area contributed by atoms with E-state index < -0.39 is 33.4 Å². The maximum absolute atomic E-state index is 14.8. The van der Waals surface area contributed by atoms with Gasteiger partial charge < -0.3 is 10.6 Å². The number of halogens is 2. The molecule has 0 aromatic heterocycles. The lowest BCUT2D eigenvalue weighted by Crippen LogP contribution is -2.52. The van der Waals surface area contributed by atoms with Crippen LogP contribution in [0.3, 0.4) is 0 Å². The first-order valence-corrected chi connectivity index (χ1v) is 14.2. The molecule has 3 fully saturated rings. The number of hydrazine groups is 1. The Morgan fingerprint density at radius 1 is 1.21 bits per heavy atom. The lowest BCUT2D eigenvalue weighted by molar-refractivity contribution is -0.129. The number of hydrogen-bond acceptors (Lipinski definition) is 6. The maximum Gasteiger partial charge on any atom is 0.314 e. The highest BCUT2D eigenvalue weighted by Crippen LogP contribution is 2.37. The number of urea groups is 1. The number of likely N-dealkylation sites (N-methyl/N-ethyl adjacent to an activating group) is 1. The van der Waals surface area contributed by atoms with Crippen LogP contribution in [0.5, 0.6) is 0 Å². The van der Waals surface area contributed by atoms with Crippen molar-refractivity contribution in [3.63, 3.8) is 0 Å². The molecule has 7 unspecified atom stereocenters. The average Bonchev–Trinajstić information content (AvgIpc) is 3.20. The summed E-state index contributed by atoms with van der Waals surface area (Å²) in [6.45, 7) is 3.86. The Bertz CT molecular complexity index is 821. The summed E-state index contributed by atoms with van der Waals surface area (Å²) >= 11 is 6.23. The predicted molar refractivity (Wildman–Crippen MR) is 128 cm³/mol. The van der Waals surface area contributed by atoms with E-state index in [4.69, 9.17) is 11.6 Å².